The molecule has 8 heteroatoms. The Kier molecular flexibility index (Phi) is 3.72. The first kappa shape index (κ1) is 13.1. The molecule has 90 valence electrons. The lowest BCUT2D eigenvalue weighted by atomic mass is 10.2. The number of hydrogen-bond donors (Lipinski definition) is 0. The molecule has 1 aromatic heterocycles. The summed E-state index contributed by atoms with van der Waals surface area (Å²) in [5.74, 6) is -0.392. The molecular weight excluding hydrogens is 301 g/mol. The molecule has 0 amide bonds. The lowest BCUT2D eigenvalue weighted by Crippen LogP contribution is -2.13. The maximum atomic E-state index is 12.4. The molecule has 1 aromatic rings. The summed E-state index contributed by atoms with van der Waals surface area (Å²) in [6, 6.07) is 0.652. The Morgan fingerprint density at radius 1 is 1.38 bits per heavy atom. The summed E-state index contributed by atoms with van der Waals surface area (Å²) >= 11 is 2.79. The largest absolute Gasteiger partial charge is 0.480 e. The number of rotatable bonds is 2. The topological polar surface area (TPSA) is 22.1 Å². The van der Waals surface area contributed by atoms with Gasteiger partial charge in [0.1, 0.15) is 0 Å². The Morgan fingerprint density at radius 2 is 1.94 bits per heavy atom. The van der Waals surface area contributed by atoms with Crippen LogP contribution in [0.3, 0.4) is 0 Å². The van der Waals surface area contributed by atoms with Gasteiger partial charge in [0.25, 0.3) is 6.43 Å². The van der Waals surface area contributed by atoms with E-state index in [2.05, 4.69) is 25.7 Å². The van der Waals surface area contributed by atoms with E-state index in [1.165, 1.54) is 0 Å². The molecule has 0 aromatic carbocycles. The second-order valence-corrected chi connectivity index (χ2v) is 3.57. The first-order valence-corrected chi connectivity index (χ1v) is 4.66. The molecule has 0 atom stereocenters. The van der Waals surface area contributed by atoms with Crippen molar-refractivity contribution in [3.8, 4) is 5.88 Å². The molecule has 1 rings (SSSR count). The summed E-state index contributed by atoms with van der Waals surface area (Å²) in [5, 5.41) is 0. The van der Waals surface area contributed by atoms with Crippen molar-refractivity contribution in [3.63, 3.8) is 0 Å². The summed E-state index contributed by atoms with van der Waals surface area (Å²) in [7, 11) is 1.09. The van der Waals surface area contributed by atoms with E-state index in [4.69, 9.17) is 0 Å². The smallest absolute Gasteiger partial charge is 0.433 e. The third-order valence-electron chi connectivity index (χ3n) is 1.67. The lowest BCUT2D eigenvalue weighted by molar-refractivity contribution is -0.143. The summed E-state index contributed by atoms with van der Waals surface area (Å²) < 4.78 is 66.4. The molecule has 0 N–H and O–H groups in total. The van der Waals surface area contributed by atoms with Gasteiger partial charge in [-0.05, 0) is 22.0 Å². The Morgan fingerprint density at radius 3 is 2.31 bits per heavy atom. The molecule has 1 heterocycles. The van der Waals surface area contributed by atoms with Crippen LogP contribution in [0.5, 0.6) is 5.88 Å². The second-order valence-electron chi connectivity index (χ2n) is 2.72. The quantitative estimate of drug-likeness (QED) is 0.775. The van der Waals surface area contributed by atoms with Gasteiger partial charge in [0, 0.05) is 5.56 Å². The molecular formula is C8H5BrF5NO. The van der Waals surface area contributed by atoms with Crippen molar-refractivity contribution in [2.75, 3.05) is 7.11 Å². The SMILES string of the molecule is COc1nc(C(F)(F)F)c(C(F)F)cc1Br. The molecule has 0 aliphatic carbocycles. The highest BCUT2D eigenvalue weighted by atomic mass is 79.9. The molecule has 0 saturated heterocycles. The van der Waals surface area contributed by atoms with Crippen LogP contribution in [0.4, 0.5) is 22.0 Å². The number of hydrogen-bond acceptors (Lipinski definition) is 2. The molecule has 0 aliphatic heterocycles. The fourth-order valence-corrected chi connectivity index (χ4v) is 1.52. The summed E-state index contributed by atoms with van der Waals surface area (Å²) in [4.78, 5) is 3.01. The molecule has 0 fully saturated rings. The Hall–Kier alpha value is -0.920. The fraction of sp³-hybridized carbons (Fsp3) is 0.375. The van der Waals surface area contributed by atoms with Crippen LogP contribution in [-0.4, -0.2) is 12.1 Å². The van der Waals surface area contributed by atoms with E-state index in [9.17, 15) is 22.0 Å². The van der Waals surface area contributed by atoms with Crippen molar-refractivity contribution < 1.29 is 26.7 Å². The van der Waals surface area contributed by atoms with Crippen LogP contribution in [0.15, 0.2) is 10.5 Å². The zero-order valence-corrected chi connectivity index (χ0v) is 9.36. The fourth-order valence-electron chi connectivity index (χ4n) is 1.02. The highest BCUT2D eigenvalue weighted by Crippen LogP contribution is 2.38. The van der Waals surface area contributed by atoms with Crippen molar-refractivity contribution in [1.29, 1.82) is 0 Å². The highest BCUT2D eigenvalue weighted by Gasteiger charge is 2.38. The van der Waals surface area contributed by atoms with E-state index in [1.54, 1.807) is 0 Å². The summed E-state index contributed by atoms with van der Waals surface area (Å²) in [6.45, 7) is 0. The van der Waals surface area contributed by atoms with Gasteiger partial charge in [0.15, 0.2) is 5.69 Å². The first-order valence-electron chi connectivity index (χ1n) is 3.87. The van der Waals surface area contributed by atoms with Gasteiger partial charge < -0.3 is 4.74 Å². The Bertz CT molecular complexity index is 393. The van der Waals surface area contributed by atoms with E-state index in [1.807, 2.05) is 0 Å². The highest BCUT2D eigenvalue weighted by molar-refractivity contribution is 9.10. The summed E-state index contributed by atoms with van der Waals surface area (Å²) in [6.07, 6.45) is -8.20. The van der Waals surface area contributed by atoms with Gasteiger partial charge in [-0.25, -0.2) is 13.8 Å². The third-order valence-corrected chi connectivity index (χ3v) is 2.24. The number of nitrogens with zero attached hydrogens (tertiary/aromatic N) is 1. The van der Waals surface area contributed by atoms with Crippen LogP contribution in [-0.2, 0) is 6.18 Å². The van der Waals surface area contributed by atoms with Gasteiger partial charge in [-0.15, -0.1) is 0 Å². The zero-order valence-electron chi connectivity index (χ0n) is 7.78. The van der Waals surface area contributed by atoms with Crippen molar-refractivity contribution in [1.82, 2.24) is 4.98 Å². The first-order chi connectivity index (χ1) is 7.27. The predicted octanol–water partition coefficient (Wildman–Crippen LogP) is 3.81. The van der Waals surface area contributed by atoms with Gasteiger partial charge in [-0.2, -0.15) is 13.2 Å². The zero-order chi connectivity index (χ0) is 12.5. The van der Waals surface area contributed by atoms with Crippen LogP contribution in [0.1, 0.15) is 17.7 Å². The van der Waals surface area contributed by atoms with Crippen LogP contribution < -0.4 is 4.74 Å². The van der Waals surface area contributed by atoms with E-state index >= 15 is 0 Å². The van der Waals surface area contributed by atoms with E-state index in [0.717, 1.165) is 7.11 Å². The summed E-state index contributed by atoms with van der Waals surface area (Å²) in [5.41, 5.74) is -2.82. The molecule has 0 bridgehead atoms. The van der Waals surface area contributed by atoms with Crippen molar-refractivity contribution in [2.45, 2.75) is 12.6 Å². The van der Waals surface area contributed by atoms with Crippen LogP contribution in [0.25, 0.3) is 0 Å². The number of pyridine rings is 1. The van der Waals surface area contributed by atoms with Gasteiger partial charge in [-0.3, -0.25) is 0 Å². The van der Waals surface area contributed by atoms with E-state index in [-0.39, 0.29) is 4.47 Å². The molecule has 16 heavy (non-hydrogen) atoms. The maximum absolute atomic E-state index is 12.4. The Balaban J connectivity index is 3.43. The van der Waals surface area contributed by atoms with E-state index in [0.29, 0.717) is 6.07 Å². The monoisotopic (exact) mass is 305 g/mol. The number of alkyl halides is 5. The molecule has 0 saturated carbocycles. The van der Waals surface area contributed by atoms with Crippen LogP contribution in [0, 0.1) is 0 Å². The number of aromatic nitrogens is 1. The molecule has 0 aliphatic rings. The van der Waals surface area contributed by atoms with Crippen molar-refractivity contribution in [3.05, 3.63) is 21.8 Å². The van der Waals surface area contributed by atoms with E-state index < -0.39 is 29.7 Å². The van der Waals surface area contributed by atoms with Crippen LogP contribution in [0.2, 0.25) is 0 Å². The number of halogens is 6. The average molecular weight is 306 g/mol. The van der Waals surface area contributed by atoms with Gasteiger partial charge in [0.2, 0.25) is 5.88 Å². The van der Waals surface area contributed by atoms with Crippen molar-refractivity contribution in [2.24, 2.45) is 0 Å². The predicted molar refractivity (Wildman–Crippen MR) is 48.4 cm³/mol. The Labute approximate surface area is 95.6 Å². The minimum atomic E-state index is -4.94. The lowest BCUT2D eigenvalue weighted by Gasteiger charge is -2.13. The van der Waals surface area contributed by atoms with Gasteiger partial charge in [-0.1, -0.05) is 0 Å². The normalized spacial score (nSPS) is 12.0. The van der Waals surface area contributed by atoms with Gasteiger partial charge in [0.05, 0.1) is 11.6 Å². The molecule has 0 radical (unpaired) electrons. The number of methoxy groups -OCH3 is 1. The second kappa shape index (κ2) is 4.52. The third kappa shape index (κ3) is 2.60. The average Bonchev–Trinajstić information content (AvgIpc) is 2.15. The molecule has 2 nitrogen and oxygen atoms in total. The molecule has 0 unspecified atom stereocenters. The maximum Gasteiger partial charge on any atom is 0.433 e. The molecule has 0 spiro atoms. The minimum Gasteiger partial charge on any atom is -0.480 e. The minimum absolute atomic E-state index is 0.0571. The standard InChI is InChI=1S/C8H5BrF5NO/c1-16-7-4(9)2-3(6(10)11)5(15-7)8(12,13)14/h2,6H,1H3. The van der Waals surface area contributed by atoms with Crippen molar-refractivity contribution >= 4 is 15.9 Å². The van der Waals surface area contributed by atoms with Gasteiger partial charge >= 0.3 is 6.18 Å². The number of ether oxygens (including phenoxy) is 1. The van der Waals surface area contributed by atoms with Crippen LogP contribution >= 0.6 is 15.9 Å².